The lowest BCUT2D eigenvalue weighted by molar-refractivity contribution is 0.612. The van der Waals surface area contributed by atoms with Crippen molar-refractivity contribution in [2.45, 2.75) is 33.4 Å². The predicted molar refractivity (Wildman–Crippen MR) is 111 cm³/mol. The summed E-state index contributed by atoms with van der Waals surface area (Å²) in [5.74, 6) is 1.39. The fraction of sp³-hybridized carbons (Fsp3) is 0.421. The number of nitrogens with zero attached hydrogens (tertiary/aromatic N) is 5. The lowest BCUT2D eigenvalue weighted by atomic mass is 10.2. The van der Waals surface area contributed by atoms with Gasteiger partial charge in [0.15, 0.2) is 17.0 Å². The zero-order valence-corrected chi connectivity index (χ0v) is 16.7. The van der Waals surface area contributed by atoms with Crippen molar-refractivity contribution in [3.8, 4) is 0 Å². The second-order valence-corrected chi connectivity index (χ2v) is 7.07. The number of rotatable bonds is 8. The molecule has 3 rings (SSSR count). The maximum absolute atomic E-state index is 5.97. The Morgan fingerprint density at radius 1 is 1.22 bits per heavy atom. The third kappa shape index (κ3) is 4.31. The van der Waals surface area contributed by atoms with Crippen LogP contribution in [0.5, 0.6) is 0 Å². The summed E-state index contributed by atoms with van der Waals surface area (Å²) in [6.45, 7) is 8.96. The molecule has 0 aliphatic heterocycles. The lowest BCUT2D eigenvalue weighted by Crippen LogP contribution is -2.31. The zero-order valence-electron chi connectivity index (χ0n) is 16.0. The van der Waals surface area contributed by atoms with Gasteiger partial charge in [-0.25, -0.2) is 4.98 Å². The first-order valence-corrected chi connectivity index (χ1v) is 9.59. The van der Waals surface area contributed by atoms with Crippen molar-refractivity contribution >= 4 is 34.5 Å². The molecule has 0 fully saturated rings. The highest BCUT2D eigenvalue weighted by Crippen LogP contribution is 2.25. The topological polar surface area (TPSA) is 84.9 Å². The Bertz CT molecular complexity index is 889. The second kappa shape index (κ2) is 8.54. The van der Waals surface area contributed by atoms with Crippen LogP contribution in [0.25, 0.3) is 11.2 Å². The molecule has 8 heteroatoms. The summed E-state index contributed by atoms with van der Waals surface area (Å²) in [5, 5.41) is 4.13. The highest BCUT2D eigenvalue weighted by Gasteiger charge is 2.17. The summed E-state index contributed by atoms with van der Waals surface area (Å²) < 4.78 is 2.06. The number of fused-ring (bicyclic) bond motifs is 1. The van der Waals surface area contributed by atoms with Crippen molar-refractivity contribution in [1.82, 2.24) is 19.5 Å². The van der Waals surface area contributed by atoms with Crippen molar-refractivity contribution < 1.29 is 0 Å². The normalized spacial score (nSPS) is 11.3. The van der Waals surface area contributed by atoms with Gasteiger partial charge in [0.2, 0.25) is 5.95 Å². The number of anilines is 2. The highest BCUT2D eigenvalue weighted by molar-refractivity contribution is 6.30. The molecule has 0 saturated heterocycles. The average molecular weight is 388 g/mol. The van der Waals surface area contributed by atoms with Gasteiger partial charge in [0.25, 0.3) is 0 Å². The number of likely N-dealkylation sites (N-methyl/N-ethyl adjacent to an activating group) is 1. The van der Waals surface area contributed by atoms with E-state index < -0.39 is 0 Å². The van der Waals surface area contributed by atoms with E-state index in [1.54, 1.807) is 0 Å². The summed E-state index contributed by atoms with van der Waals surface area (Å²) in [6, 6.07) is 8.01. The molecule has 0 spiro atoms. The molecule has 3 N–H and O–H groups in total. The van der Waals surface area contributed by atoms with Crippen LogP contribution < -0.4 is 16.0 Å². The van der Waals surface area contributed by atoms with E-state index in [-0.39, 0.29) is 6.04 Å². The molecule has 0 bridgehead atoms. The Kier molecular flexibility index (Phi) is 6.13. The van der Waals surface area contributed by atoms with E-state index in [4.69, 9.17) is 27.3 Å². The smallest absolute Gasteiger partial charge is 0.229 e. The van der Waals surface area contributed by atoms with E-state index in [0.717, 1.165) is 34.1 Å². The minimum absolute atomic E-state index is 0.256. The Morgan fingerprint density at radius 2 is 1.96 bits per heavy atom. The Labute approximate surface area is 164 Å². The molecule has 3 aromatic rings. The average Bonchev–Trinajstić information content (AvgIpc) is 3.09. The Balaban J connectivity index is 1.99. The van der Waals surface area contributed by atoms with Gasteiger partial charge in [-0.2, -0.15) is 9.97 Å². The lowest BCUT2D eigenvalue weighted by Gasteiger charge is -2.21. The number of nitrogens with one attached hydrogen (secondary N) is 1. The quantitative estimate of drug-likeness (QED) is 0.615. The number of imidazole rings is 1. The third-order valence-electron chi connectivity index (χ3n) is 4.40. The molecule has 7 nitrogen and oxygen atoms in total. The van der Waals surface area contributed by atoms with E-state index >= 15 is 0 Å². The van der Waals surface area contributed by atoms with E-state index in [1.165, 1.54) is 0 Å². The van der Waals surface area contributed by atoms with Gasteiger partial charge in [0, 0.05) is 37.2 Å². The molecule has 0 aliphatic carbocycles. The van der Waals surface area contributed by atoms with Crippen molar-refractivity contribution in [2.24, 2.45) is 5.73 Å². The summed E-state index contributed by atoms with van der Waals surface area (Å²) in [7, 11) is 0. The van der Waals surface area contributed by atoms with E-state index in [9.17, 15) is 0 Å². The minimum Gasteiger partial charge on any atom is -0.364 e. The molecule has 0 radical (unpaired) electrons. The molecular formula is C19H26ClN7. The van der Waals surface area contributed by atoms with Crippen LogP contribution in [-0.4, -0.2) is 39.2 Å². The zero-order chi connectivity index (χ0) is 19.4. The van der Waals surface area contributed by atoms with Gasteiger partial charge in [-0.05, 0) is 38.5 Å². The summed E-state index contributed by atoms with van der Waals surface area (Å²) in [5.41, 5.74) is 8.46. The number of benzene rings is 1. The molecule has 0 saturated carbocycles. The molecule has 27 heavy (non-hydrogen) atoms. The van der Waals surface area contributed by atoms with Crippen LogP contribution in [0.4, 0.5) is 11.8 Å². The van der Waals surface area contributed by atoms with Gasteiger partial charge in [-0.3, -0.25) is 0 Å². The van der Waals surface area contributed by atoms with Crippen molar-refractivity contribution in [1.29, 1.82) is 0 Å². The second-order valence-electron chi connectivity index (χ2n) is 6.64. The Morgan fingerprint density at radius 3 is 2.59 bits per heavy atom. The largest absolute Gasteiger partial charge is 0.364 e. The van der Waals surface area contributed by atoms with Crippen molar-refractivity contribution in [3.05, 3.63) is 41.2 Å². The molecule has 2 heterocycles. The van der Waals surface area contributed by atoms with Crippen LogP contribution in [0.2, 0.25) is 5.02 Å². The molecule has 0 atom stereocenters. The fourth-order valence-electron chi connectivity index (χ4n) is 2.89. The van der Waals surface area contributed by atoms with E-state index in [1.807, 2.05) is 30.6 Å². The maximum Gasteiger partial charge on any atom is 0.229 e. The van der Waals surface area contributed by atoms with Crippen LogP contribution in [0.1, 0.15) is 32.4 Å². The predicted octanol–water partition coefficient (Wildman–Crippen LogP) is 3.46. The first-order chi connectivity index (χ1) is 13.0. The molecular weight excluding hydrogens is 362 g/mol. The van der Waals surface area contributed by atoms with Gasteiger partial charge >= 0.3 is 0 Å². The van der Waals surface area contributed by atoms with Crippen molar-refractivity contribution in [3.63, 3.8) is 0 Å². The molecule has 0 amide bonds. The number of hydrogen-bond donors (Lipinski definition) is 2. The summed E-state index contributed by atoms with van der Waals surface area (Å²) >= 11 is 5.97. The third-order valence-corrected chi connectivity index (χ3v) is 4.65. The van der Waals surface area contributed by atoms with E-state index in [2.05, 4.69) is 40.5 Å². The van der Waals surface area contributed by atoms with Crippen LogP contribution in [-0.2, 0) is 6.54 Å². The molecule has 144 valence electrons. The number of halogens is 1. The van der Waals surface area contributed by atoms with Crippen LogP contribution in [0.15, 0.2) is 30.6 Å². The van der Waals surface area contributed by atoms with Gasteiger partial charge in [-0.1, -0.05) is 23.7 Å². The van der Waals surface area contributed by atoms with E-state index in [0.29, 0.717) is 25.6 Å². The maximum atomic E-state index is 5.97. The highest BCUT2D eigenvalue weighted by atomic mass is 35.5. The first kappa shape index (κ1) is 19.4. The van der Waals surface area contributed by atoms with Gasteiger partial charge in [0.1, 0.15) is 0 Å². The van der Waals surface area contributed by atoms with Gasteiger partial charge in [0.05, 0.1) is 6.33 Å². The van der Waals surface area contributed by atoms with Crippen LogP contribution in [0.3, 0.4) is 0 Å². The monoisotopic (exact) mass is 387 g/mol. The molecule has 0 aliphatic rings. The fourth-order valence-corrected chi connectivity index (χ4v) is 3.02. The molecule has 2 aromatic heterocycles. The first-order valence-electron chi connectivity index (χ1n) is 9.21. The van der Waals surface area contributed by atoms with Crippen LogP contribution in [0, 0.1) is 0 Å². The van der Waals surface area contributed by atoms with Gasteiger partial charge in [-0.15, -0.1) is 0 Å². The Hall–Kier alpha value is -2.38. The molecule has 1 aromatic carbocycles. The number of aromatic nitrogens is 4. The summed E-state index contributed by atoms with van der Waals surface area (Å²) in [6.07, 6.45) is 1.82. The number of hydrogen-bond acceptors (Lipinski definition) is 6. The van der Waals surface area contributed by atoms with Crippen LogP contribution >= 0.6 is 11.6 Å². The standard InChI is InChI=1S/C19H26ClN7/c1-4-26(10-9-21)19-24-17(22-11-14-5-7-15(20)8-6-14)16-18(25-19)27(12-23-16)13(2)3/h5-8,12-13H,4,9-11,21H2,1-3H3,(H,22,24,25). The summed E-state index contributed by atoms with van der Waals surface area (Å²) in [4.78, 5) is 16.1. The van der Waals surface area contributed by atoms with Crippen molar-refractivity contribution in [2.75, 3.05) is 29.9 Å². The number of nitrogens with two attached hydrogens (primary N) is 1. The molecule has 0 unspecified atom stereocenters. The minimum atomic E-state index is 0.256. The SMILES string of the molecule is CCN(CCN)c1nc(NCc2ccc(Cl)cc2)c2ncn(C(C)C)c2n1. The van der Waals surface area contributed by atoms with Gasteiger partial charge < -0.3 is 20.5 Å².